The van der Waals surface area contributed by atoms with Gasteiger partial charge in [0.1, 0.15) is 12.4 Å². The molecule has 2 aliphatic rings. The number of carbonyl (C=O) groups excluding carboxylic acids is 2. The normalized spacial score (nSPS) is 18.4. The van der Waals surface area contributed by atoms with Gasteiger partial charge in [-0.05, 0) is 23.8 Å². The molecule has 2 amide bonds. The SMILES string of the molecule is CC(C)C(=O)N(CCN1CCOCC1)CC(=O)N1N=C(c2ccccc2F)C[C@H]1c1ccc(Cl)cc1. The molecule has 2 aromatic carbocycles. The fraction of sp³-hybridized carbons (Fsp3) is 0.444. The highest BCUT2D eigenvalue weighted by atomic mass is 35.5. The number of amides is 2. The first-order valence-electron chi connectivity index (χ1n) is 12.3. The van der Waals surface area contributed by atoms with Crippen molar-refractivity contribution in [3.05, 3.63) is 70.5 Å². The summed E-state index contributed by atoms with van der Waals surface area (Å²) in [6.07, 6.45) is 0.361. The van der Waals surface area contributed by atoms with E-state index in [4.69, 9.17) is 16.3 Å². The molecule has 9 heteroatoms. The Labute approximate surface area is 216 Å². The van der Waals surface area contributed by atoms with Crippen molar-refractivity contribution in [2.24, 2.45) is 11.0 Å². The lowest BCUT2D eigenvalue weighted by Gasteiger charge is -2.31. The van der Waals surface area contributed by atoms with Crippen LogP contribution in [0.3, 0.4) is 0 Å². The Kier molecular flexibility index (Phi) is 8.72. The lowest BCUT2D eigenvalue weighted by Crippen LogP contribution is -2.47. The third-order valence-electron chi connectivity index (χ3n) is 6.53. The maximum absolute atomic E-state index is 14.6. The number of hydrogen-bond donors (Lipinski definition) is 0. The molecular weight excluding hydrogens is 483 g/mol. The molecular formula is C27H32ClFN4O3. The van der Waals surface area contributed by atoms with Crippen LogP contribution in [0.2, 0.25) is 5.02 Å². The molecule has 1 atom stereocenters. The van der Waals surface area contributed by atoms with Crippen molar-refractivity contribution in [3.8, 4) is 0 Å². The van der Waals surface area contributed by atoms with Gasteiger partial charge in [0.15, 0.2) is 0 Å². The van der Waals surface area contributed by atoms with Crippen molar-refractivity contribution in [3.63, 3.8) is 0 Å². The third kappa shape index (κ3) is 6.30. The number of rotatable bonds is 8. The fourth-order valence-electron chi connectivity index (χ4n) is 4.50. The van der Waals surface area contributed by atoms with Crippen LogP contribution in [-0.2, 0) is 14.3 Å². The van der Waals surface area contributed by atoms with Gasteiger partial charge in [-0.2, -0.15) is 5.10 Å². The van der Waals surface area contributed by atoms with Crippen molar-refractivity contribution < 1.29 is 18.7 Å². The number of halogens is 2. The summed E-state index contributed by atoms with van der Waals surface area (Å²) in [4.78, 5) is 30.5. The van der Waals surface area contributed by atoms with Crippen LogP contribution < -0.4 is 0 Å². The number of hydrazone groups is 1. The maximum Gasteiger partial charge on any atom is 0.262 e. The van der Waals surface area contributed by atoms with E-state index < -0.39 is 6.04 Å². The molecule has 7 nitrogen and oxygen atoms in total. The second-order valence-electron chi connectivity index (χ2n) is 9.40. The predicted octanol–water partition coefficient (Wildman–Crippen LogP) is 3.97. The van der Waals surface area contributed by atoms with Gasteiger partial charge in [-0.1, -0.05) is 55.8 Å². The molecule has 0 unspecified atom stereocenters. The minimum atomic E-state index is -0.417. The molecule has 36 heavy (non-hydrogen) atoms. The van der Waals surface area contributed by atoms with E-state index in [1.54, 1.807) is 35.2 Å². The number of ether oxygens (including phenoxy) is 1. The smallest absolute Gasteiger partial charge is 0.262 e. The zero-order valence-electron chi connectivity index (χ0n) is 20.7. The molecule has 192 valence electrons. The lowest BCUT2D eigenvalue weighted by molar-refractivity contribution is -0.143. The summed E-state index contributed by atoms with van der Waals surface area (Å²) in [6.45, 7) is 7.61. The summed E-state index contributed by atoms with van der Waals surface area (Å²) in [5.74, 6) is -1.03. The summed E-state index contributed by atoms with van der Waals surface area (Å²) < 4.78 is 20.0. The molecule has 0 bridgehead atoms. The molecule has 2 heterocycles. The van der Waals surface area contributed by atoms with Gasteiger partial charge in [0.05, 0.1) is 25.0 Å². The van der Waals surface area contributed by atoms with Crippen LogP contribution in [0.4, 0.5) is 4.39 Å². The van der Waals surface area contributed by atoms with Gasteiger partial charge in [0.2, 0.25) is 5.91 Å². The average molecular weight is 515 g/mol. The van der Waals surface area contributed by atoms with Crippen LogP contribution in [-0.4, -0.2) is 78.3 Å². The molecule has 0 spiro atoms. The highest BCUT2D eigenvalue weighted by Gasteiger charge is 2.35. The minimum absolute atomic E-state index is 0.0860. The van der Waals surface area contributed by atoms with Gasteiger partial charge in [0, 0.05) is 49.1 Å². The van der Waals surface area contributed by atoms with Crippen LogP contribution in [0, 0.1) is 11.7 Å². The van der Waals surface area contributed by atoms with Crippen molar-refractivity contribution in [1.29, 1.82) is 0 Å². The van der Waals surface area contributed by atoms with E-state index in [9.17, 15) is 14.0 Å². The molecule has 1 saturated heterocycles. The number of carbonyl (C=O) groups is 2. The van der Waals surface area contributed by atoms with Crippen LogP contribution in [0.25, 0.3) is 0 Å². The van der Waals surface area contributed by atoms with Crippen molar-refractivity contribution in [1.82, 2.24) is 14.8 Å². The molecule has 2 aliphatic heterocycles. The number of morpholine rings is 1. The summed E-state index contributed by atoms with van der Waals surface area (Å²) in [5.41, 5.74) is 1.71. The second-order valence-corrected chi connectivity index (χ2v) is 9.84. The molecule has 0 N–H and O–H groups in total. The summed E-state index contributed by atoms with van der Waals surface area (Å²) >= 11 is 6.08. The first-order chi connectivity index (χ1) is 17.3. The standard InChI is InChI=1S/C27H32ClFN4O3/c1-19(2)27(35)32(12-11-31-13-15-36-16-14-31)18-26(34)33-25(20-7-9-21(28)10-8-20)17-24(30-33)22-5-3-4-6-23(22)29/h3-10,19,25H,11-18H2,1-2H3/t25-/m0/s1. The van der Waals surface area contributed by atoms with Gasteiger partial charge < -0.3 is 9.64 Å². The van der Waals surface area contributed by atoms with Gasteiger partial charge in [-0.25, -0.2) is 9.40 Å². The predicted molar refractivity (Wildman–Crippen MR) is 137 cm³/mol. The zero-order chi connectivity index (χ0) is 25.7. The van der Waals surface area contributed by atoms with Crippen molar-refractivity contribution >= 4 is 29.1 Å². The van der Waals surface area contributed by atoms with E-state index in [0.29, 0.717) is 49.0 Å². The Morgan fingerprint density at radius 3 is 2.50 bits per heavy atom. The van der Waals surface area contributed by atoms with E-state index in [-0.39, 0.29) is 30.1 Å². The van der Waals surface area contributed by atoms with Crippen molar-refractivity contribution in [2.45, 2.75) is 26.3 Å². The quantitative estimate of drug-likeness (QED) is 0.534. The number of benzene rings is 2. The van der Waals surface area contributed by atoms with Gasteiger partial charge >= 0.3 is 0 Å². The summed E-state index contributed by atoms with van der Waals surface area (Å²) in [7, 11) is 0. The van der Waals surface area contributed by atoms with Crippen LogP contribution in [0.1, 0.15) is 37.4 Å². The van der Waals surface area contributed by atoms with E-state index >= 15 is 0 Å². The fourth-order valence-corrected chi connectivity index (χ4v) is 4.62. The van der Waals surface area contributed by atoms with E-state index in [1.165, 1.54) is 11.1 Å². The molecule has 2 aromatic rings. The Bertz CT molecular complexity index is 1100. The largest absolute Gasteiger partial charge is 0.379 e. The van der Waals surface area contributed by atoms with Gasteiger partial charge in [-0.3, -0.25) is 14.5 Å². The minimum Gasteiger partial charge on any atom is -0.379 e. The lowest BCUT2D eigenvalue weighted by atomic mass is 9.98. The number of nitrogens with zero attached hydrogens (tertiary/aromatic N) is 4. The highest BCUT2D eigenvalue weighted by molar-refractivity contribution is 6.30. The first kappa shape index (κ1) is 26.3. The molecule has 0 aromatic heterocycles. The Morgan fingerprint density at radius 1 is 1.14 bits per heavy atom. The van der Waals surface area contributed by atoms with E-state index in [1.807, 2.05) is 26.0 Å². The van der Waals surface area contributed by atoms with E-state index in [0.717, 1.165) is 18.7 Å². The van der Waals surface area contributed by atoms with E-state index in [2.05, 4.69) is 10.0 Å². The summed E-state index contributed by atoms with van der Waals surface area (Å²) in [6, 6.07) is 13.2. The van der Waals surface area contributed by atoms with Crippen LogP contribution in [0.15, 0.2) is 53.6 Å². The van der Waals surface area contributed by atoms with Gasteiger partial charge in [-0.15, -0.1) is 0 Å². The van der Waals surface area contributed by atoms with Crippen molar-refractivity contribution in [2.75, 3.05) is 45.9 Å². The Hall–Kier alpha value is -2.81. The topological polar surface area (TPSA) is 65.5 Å². The number of hydrogen-bond acceptors (Lipinski definition) is 5. The molecule has 0 saturated carbocycles. The zero-order valence-corrected chi connectivity index (χ0v) is 21.5. The third-order valence-corrected chi connectivity index (χ3v) is 6.78. The van der Waals surface area contributed by atoms with Crippen LogP contribution in [0.5, 0.6) is 0 Å². The average Bonchev–Trinajstić information content (AvgIpc) is 3.32. The Morgan fingerprint density at radius 2 is 1.83 bits per heavy atom. The van der Waals surface area contributed by atoms with Gasteiger partial charge in [0.25, 0.3) is 5.91 Å². The Balaban J connectivity index is 1.57. The highest BCUT2D eigenvalue weighted by Crippen LogP contribution is 2.34. The monoisotopic (exact) mass is 514 g/mol. The molecule has 1 fully saturated rings. The molecule has 0 radical (unpaired) electrons. The van der Waals surface area contributed by atoms with Crippen LogP contribution >= 0.6 is 11.6 Å². The molecule has 0 aliphatic carbocycles. The summed E-state index contributed by atoms with van der Waals surface area (Å²) in [5, 5.41) is 6.56. The first-order valence-corrected chi connectivity index (χ1v) is 12.7. The second kappa shape index (κ2) is 12.0. The molecule has 4 rings (SSSR count). The maximum atomic E-state index is 14.6.